The Morgan fingerprint density at radius 3 is 2.53 bits per heavy atom. The molecular formula is C11H22O3Si. The van der Waals surface area contributed by atoms with Crippen LogP contribution in [0.3, 0.4) is 0 Å². The van der Waals surface area contributed by atoms with Gasteiger partial charge in [0.1, 0.15) is 0 Å². The smallest absolute Gasteiger partial charge is 0.334 e. The number of hydrogen-bond donors (Lipinski definition) is 0. The Labute approximate surface area is 93.3 Å². The third-order valence-electron chi connectivity index (χ3n) is 3.98. The van der Waals surface area contributed by atoms with Crippen molar-refractivity contribution < 1.29 is 13.6 Å². The highest BCUT2D eigenvalue weighted by atomic mass is 28.4. The van der Waals surface area contributed by atoms with Crippen LogP contribution in [0, 0.1) is 5.92 Å². The van der Waals surface area contributed by atoms with Gasteiger partial charge in [-0.1, -0.05) is 0 Å². The molecular weight excluding hydrogens is 208 g/mol. The van der Waals surface area contributed by atoms with Crippen molar-refractivity contribution in [3.05, 3.63) is 0 Å². The van der Waals surface area contributed by atoms with Gasteiger partial charge in [-0.05, 0) is 44.2 Å². The first-order valence-corrected chi connectivity index (χ1v) is 8.45. The van der Waals surface area contributed by atoms with Crippen molar-refractivity contribution in [3.63, 3.8) is 0 Å². The van der Waals surface area contributed by atoms with Crippen LogP contribution in [0.15, 0.2) is 0 Å². The second-order valence-electron chi connectivity index (χ2n) is 4.97. The predicted octanol–water partition coefficient (Wildman–Crippen LogP) is 2.31. The minimum absolute atomic E-state index is 0.599. The quantitative estimate of drug-likeness (QED) is 0.536. The predicted molar refractivity (Wildman–Crippen MR) is 61.1 cm³/mol. The van der Waals surface area contributed by atoms with Gasteiger partial charge in [0.15, 0.2) is 0 Å². The molecule has 1 aliphatic carbocycles. The average molecular weight is 230 g/mol. The first-order chi connectivity index (χ1) is 7.17. The Morgan fingerprint density at radius 1 is 1.20 bits per heavy atom. The second-order valence-corrected chi connectivity index (χ2v) is 8.56. The van der Waals surface area contributed by atoms with E-state index < -0.39 is 8.56 Å². The highest BCUT2D eigenvalue weighted by molar-refractivity contribution is 6.65. The van der Waals surface area contributed by atoms with Crippen LogP contribution < -0.4 is 0 Å². The normalized spacial score (nSPS) is 35.0. The zero-order valence-corrected chi connectivity index (χ0v) is 11.0. The van der Waals surface area contributed by atoms with Gasteiger partial charge in [0.05, 0.1) is 12.2 Å². The van der Waals surface area contributed by atoms with E-state index in [2.05, 4.69) is 6.55 Å². The maximum atomic E-state index is 5.54. The summed E-state index contributed by atoms with van der Waals surface area (Å²) in [4.78, 5) is 0. The van der Waals surface area contributed by atoms with Crippen LogP contribution in [0.5, 0.6) is 0 Å². The zero-order valence-electron chi connectivity index (χ0n) is 9.99. The maximum absolute atomic E-state index is 5.54. The van der Waals surface area contributed by atoms with Crippen molar-refractivity contribution in [3.8, 4) is 0 Å². The molecule has 0 bridgehead atoms. The Balaban J connectivity index is 1.72. The number of fused-ring (bicyclic) bond motifs is 1. The molecule has 0 aromatic rings. The van der Waals surface area contributed by atoms with E-state index in [0.717, 1.165) is 12.0 Å². The minimum Gasteiger partial charge on any atom is -0.398 e. The average Bonchev–Trinajstić information content (AvgIpc) is 3.04. The summed E-state index contributed by atoms with van der Waals surface area (Å²) in [5.74, 6) is 0.839. The number of epoxide rings is 1. The fourth-order valence-electron chi connectivity index (χ4n) is 2.50. The molecule has 0 N–H and O–H groups in total. The van der Waals surface area contributed by atoms with E-state index in [0.29, 0.717) is 12.2 Å². The first kappa shape index (κ1) is 11.6. The van der Waals surface area contributed by atoms with Gasteiger partial charge in [0.25, 0.3) is 0 Å². The van der Waals surface area contributed by atoms with E-state index in [1.165, 1.54) is 25.7 Å². The van der Waals surface area contributed by atoms with Gasteiger partial charge in [0, 0.05) is 14.2 Å². The van der Waals surface area contributed by atoms with Gasteiger partial charge in [-0.3, -0.25) is 0 Å². The summed E-state index contributed by atoms with van der Waals surface area (Å²) in [7, 11) is 1.72. The second kappa shape index (κ2) is 4.53. The molecule has 3 atom stereocenters. The van der Waals surface area contributed by atoms with E-state index in [-0.39, 0.29) is 0 Å². The van der Waals surface area contributed by atoms with Gasteiger partial charge < -0.3 is 13.6 Å². The lowest BCUT2D eigenvalue weighted by atomic mass is 9.88. The highest BCUT2D eigenvalue weighted by Crippen LogP contribution is 2.41. The topological polar surface area (TPSA) is 31.0 Å². The van der Waals surface area contributed by atoms with Crippen LogP contribution in [0.4, 0.5) is 0 Å². The molecule has 0 amide bonds. The van der Waals surface area contributed by atoms with Crippen molar-refractivity contribution in [1.29, 1.82) is 0 Å². The maximum Gasteiger partial charge on any atom is 0.334 e. The number of ether oxygens (including phenoxy) is 1. The van der Waals surface area contributed by atoms with Crippen LogP contribution in [-0.4, -0.2) is 35.0 Å². The van der Waals surface area contributed by atoms with E-state index in [4.69, 9.17) is 13.6 Å². The summed E-state index contributed by atoms with van der Waals surface area (Å²) in [5.41, 5.74) is 0. The Kier molecular flexibility index (Phi) is 3.50. The molecule has 1 saturated heterocycles. The third-order valence-corrected chi connectivity index (χ3v) is 6.91. The van der Waals surface area contributed by atoms with Crippen LogP contribution in [0.25, 0.3) is 0 Å². The summed E-state index contributed by atoms with van der Waals surface area (Å²) in [6, 6.07) is 1.11. The molecule has 2 rings (SSSR count). The summed E-state index contributed by atoms with van der Waals surface area (Å²) in [6.45, 7) is 2.15. The summed E-state index contributed by atoms with van der Waals surface area (Å²) >= 11 is 0. The van der Waals surface area contributed by atoms with Crippen molar-refractivity contribution >= 4 is 8.56 Å². The lowest BCUT2D eigenvalue weighted by molar-refractivity contribution is 0.242. The molecule has 2 fully saturated rings. The molecule has 1 heterocycles. The van der Waals surface area contributed by atoms with Crippen LogP contribution in [-0.2, 0) is 13.6 Å². The summed E-state index contributed by atoms with van der Waals surface area (Å²) in [6.07, 6.45) is 6.34. The standard InChI is InChI=1S/C11H22O3Si/c1-12-15(3,13-2)7-6-9-4-5-10-11(8-9)14-10/h9-11H,4-8H2,1-3H3/t9-,10-,11-/m0/s1. The lowest BCUT2D eigenvalue weighted by Crippen LogP contribution is -2.36. The van der Waals surface area contributed by atoms with Gasteiger partial charge in [-0.2, -0.15) is 0 Å². The van der Waals surface area contributed by atoms with Crippen molar-refractivity contribution in [2.75, 3.05) is 14.2 Å². The Bertz CT molecular complexity index is 218. The highest BCUT2D eigenvalue weighted by Gasteiger charge is 2.44. The SMILES string of the molecule is CO[Si](C)(CC[C@@H]1CC[C@@H]2O[C@H]2C1)OC. The monoisotopic (exact) mass is 230 g/mol. The Hall–Kier alpha value is 0.0969. The van der Waals surface area contributed by atoms with Crippen molar-refractivity contribution in [2.45, 2.75) is 50.5 Å². The van der Waals surface area contributed by atoms with Gasteiger partial charge in [0.2, 0.25) is 0 Å². The van der Waals surface area contributed by atoms with Gasteiger partial charge >= 0.3 is 8.56 Å². The lowest BCUT2D eigenvalue weighted by Gasteiger charge is -2.26. The summed E-state index contributed by atoms with van der Waals surface area (Å²) in [5, 5.41) is 0. The third kappa shape index (κ3) is 2.81. The number of hydrogen-bond acceptors (Lipinski definition) is 3. The minimum atomic E-state index is -1.83. The molecule has 0 radical (unpaired) electrons. The van der Waals surface area contributed by atoms with Crippen LogP contribution >= 0.6 is 0 Å². The molecule has 0 aromatic carbocycles. The van der Waals surface area contributed by atoms with Crippen molar-refractivity contribution in [2.24, 2.45) is 5.92 Å². The van der Waals surface area contributed by atoms with Crippen LogP contribution in [0.2, 0.25) is 12.6 Å². The molecule has 0 spiro atoms. The first-order valence-electron chi connectivity index (χ1n) is 5.92. The molecule has 1 saturated carbocycles. The zero-order chi connectivity index (χ0) is 10.9. The molecule has 2 aliphatic rings. The van der Waals surface area contributed by atoms with Crippen molar-refractivity contribution in [1.82, 2.24) is 0 Å². The largest absolute Gasteiger partial charge is 0.398 e. The molecule has 0 unspecified atom stereocenters. The molecule has 0 aromatic heterocycles. The Morgan fingerprint density at radius 2 is 1.93 bits per heavy atom. The summed E-state index contributed by atoms with van der Waals surface area (Å²) < 4.78 is 16.5. The van der Waals surface area contributed by atoms with E-state index in [1.54, 1.807) is 14.2 Å². The fraction of sp³-hybridized carbons (Fsp3) is 1.00. The van der Waals surface area contributed by atoms with Gasteiger partial charge in [-0.15, -0.1) is 0 Å². The van der Waals surface area contributed by atoms with Crippen LogP contribution in [0.1, 0.15) is 25.7 Å². The molecule has 1 aliphatic heterocycles. The van der Waals surface area contributed by atoms with E-state index in [1.807, 2.05) is 0 Å². The van der Waals surface area contributed by atoms with E-state index in [9.17, 15) is 0 Å². The molecule has 88 valence electrons. The molecule has 15 heavy (non-hydrogen) atoms. The molecule has 4 heteroatoms. The fourth-order valence-corrected chi connectivity index (χ4v) is 4.01. The van der Waals surface area contributed by atoms with Gasteiger partial charge in [-0.25, -0.2) is 0 Å². The van der Waals surface area contributed by atoms with E-state index >= 15 is 0 Å². The number of rotatable bonds is 5. The molecule has 3 nitrogen and oxygen atoms in total.